The first-order chi connectivity index (χ1) is 6.07. The summed E-state index contributed by atoms with van der Waals surface area (Å²) >= 11 is 5.01. The maximum absolute atomic E-state index is 11.4. The number of nitrogens with one attached hydrogen (secondary N) is 2. The Balaban J connectivity index is 3.19. The van der Waals surface area contributed by atoms with Gasteiger partial charge in [0.2, 0.25) is 0 Å². The van der Waals surface area contributed by atoms with Crippen molar-refractivity contribution in [3.8, 4) is 0 Å². The summed E-state index contributed by atoms with van der Waals surface area (Å²) in [5.74, 6) is 0.411. The van der Waals surface area contributed by atoms with E-state index in [0.717, 1.165) is 6.42 Å². The number of hydrogen-bond acceptors (Lipinski definition) is 2. The molecular weight excluding hydrogens is 186 g/mol. The third-order valence-electron chi connectivity index (χ3n) is 2.23. The van der Waals surface area contributed by atoms with Crippen molar-refractivity contribution in [2.24, 2.45) is 5.92 Å². The van der Waals surface area contributed by atoms with Gasteiger partial charge in [-0.05, 0) is 24.6 Å². The third-order valence-corrected chi connectivity index (χ3v) is 2.53. The number of rotatable bonds is 3. The summed E-state index contributed by atoms with van der Waals surface area (Å²) in [6, 6.07) is 0.183. The van der Waals surface area contributed by atoms with Gasteiger partial charge in [0.15, 0.2) is 4.77 Å². The maximum atomic E-state index is 11.4. The second kappa shape index (κ2) is 3.91. The molecule has 1 aromatic rings. The summed E-state index contributed by atoms with van der Waals surface area (Å²) in [5.41, 5.74) is -0.148. The van der Waals surface area contributed by atoms with Gasteiger partial charge in [-0.3, -0.25) is 9.67 Å². The molecule has 0 aromatic carbocycles. The first kappa shape index (κ1) is 10.2. The van der Waals surface area contributed by atoms with Gasteiger partial charge in [-0.2, -0.15) is 0 Å². The van der Waals surface area contributed by atoms with Crippen molar-refractivity contribution in [1.82, 2.24) is 14.8 Å². The molecular formula is C8H15N3OS. The fourth-order valence-corrected chi connectivity index (χ4v) is 1.84. The first-order valence-corrected chi connectivity index (χ1v) is 4.88. The van der Waals surface area contributed by atoms with Gasteiger partial charge in [0, 0.05) is 6.04 Å². The Morgan fingerprint density at radius 1 is 1.46 bits per heavy atom. The predicted molar refractivity (Wildman–Crippen MR) is 54.4 cm³/mol. The smallest absolute Gasteiger partial charge is 0.272 e. The van der Waals surface area contributed by atoms with Gasteiger partial charge in [-0.15, -0.1) is 0 Å². The molecule has 1 rings (SSSR count). The highest BCUT2D eigenvalue weighted by atomic mass is 32.1. The van der Waals surface area contributed by atoms with E-state index >= 15 is 0 Å². The molecule has 1 heterocycles. The molecule has 0 spiro atoms. The Kier molecular flexibility index (Phi) is 3.08. The molecule has 0 radical (unpaired) electrons. The zero-order chi connectivity index (χ0) is 10.0. The minimum Gasteiger partial charge on any atom is -0.272 e. The summed E-state index contributed by atoms with van der Waals surface area (Å²) in [4.78, 5) is 11.4. The average Bonchev–Trinajstić information content (AvgIpc) is 2.36. The quantitative estimate of drug-likeness (QED) is 0.733. The summed E-state index contributed by atoms with van der Waals surface area (Å²) in [5, 5.41) is 5.13. The van der Waals surface area contributed by atoms with Gasteiger partial charge in [-0.1, -0.05) is 20.8 Å². The van der Waals surface area contributed by atoms with E-state index in [1.807, 2.05) is 0 Å². The molecule has 1 atom stereocenters. The van der Waals surface area contributed by atoms with Crippen LogP contribution in [0.2, 0.25) is 0 Å². The van der Waals surface area contributed by atoms with Crippen LogP contribution in [0.15, 0.2) is 4.79 Å². The van der Waals surface area contributed by atoms with E-state index < -0.39 is 0 Å². The zero-order valence-corrected chi connectivity index (χ0v) is 8.94. The molecule has 2 N–H and O–H groups in total. The first-order valence-electron chi connectivity index (χ1n) is 4.47. The van der Waals surface area contributed by atoms with Gasteiger partial charge in [0.25, 0.3) is 0 Å². The fraction of sp³-hybridized carbons (Fsp3) is 0.750. The Labute approximate surface area is 82.0 Å². The molecule has 13 heavy (non-hydrogen) atoms. The second-order valence-corrected chi connectivity index (χ2v) is 3.84. The summed E-state index contributed by atoms with van der Waals surface area (Å²) in [6.45, 7) is 6.23. The average molecular weight is 201 g/mol. The Hall–Kier alpha value is -0.840. The van der Waals surface area contributed by atoms with Gasteiger partial charge in [0.1, 0.15) is 0 Å². The SMILES string of the molecule is CCC(C(C)C)n1c(=O)[nH][nH]c1=S. The Morgan fingerprint density at radius 2 is 2.08 bits per heavy atom. The molecule has 1 unspecified atom stereocenters. The molecule has 0 aliphatic heterocycles. The van der Waals surface area contributed by atoms with Gasteiger partial charge in [-0.25, -0.2) is 9.89 Å². The standard InChI is InChI=1S/C8H15N3OS/c1-4-6(5(2)3)11-7(12)9-10-8(11)13/h5-6H,4H2,1-3H3,(H,9,12)(H,10,13). The van der Waals surface area contributed by atoms with E-state index in [1.54, 1.807) is 4.57 Å². The van der Waals surface area contributed by atoms with Crippen molar-refractivity contribution >= 4 is 12.2 Å². The molecule has 0 saturated carbocycles. The summed E-state index contributed by atoms with van der Waals surface area (Å²) in [6.07, 6.45) is 0.910. The number of nitrogens with zero attached hydrogens (tertiary/aromatic N) is 1. The molecule has 0 bridgehead atoms. The molecule has 0 saturated heterocycles. The summed E-state index contributed by atoms with van der Waals surface area (Å²) < 4.78 is 2.09. The maximum Gasteiger partial charge on any atom is 0.342 e. The van der Waals surface area contributed by atoms with Crippen LogP contribution >= 0.6 is 12.2 Å². The molecule has 0 fully saturated rings. The van der Waals surface area contributed by atoms with E-state index in [-0.39, 0.29) is 11.7 Å². The fourth-order valence-electron chi connectivity index (χ4n) is 1.57. The van der Waals surface area contributed by atoms with Crippen molar-refractivity contribution in [1.29, 1.82) is 0 Å². The molecule has 74 valence electrons. The van der Waals surface area contributed by atoms with Crippen molar-refractivity contribution in [3.63, 3.8) is 0 Å². The van der Waals surface area contributed by atoms with Crippen LogP contribution in [0.3, 0.4) is 0 Å². The van der Waals surface area contributed by atoms with Crippen LogP contribution in [0.5, 0.6) is 0 Å². The van der Waals surface area contributed by atoms with Crippen LogP contribution in [-0.2, 0) is 0 Å². The monoisotopic (exact) mass is 201 g/mol. The van der Waals surface area contributed by atoms with Crippen molar-refractivity contribution in [3.05, 3.63) is 15.3 Å². The number of H-pyrrole nitrogens is 2. The van der Waals surface area contributed by atoms with E-state index in [4.69, 9.17) is 12.2 Å². The predicted octanol–water partition coefficient (Wildman–Crippen LogP) is 1.84. The Bertz CT molecular complexity index is 346. The largest absolute Gasteiger partial charge is 0.342 e. The minimum atomic E-state index is -0.148. The lowest BCUT2D eigenvalue weighted by atomic mass is 10.0. The molecule has 4 nitrogen and oxygen atoms in total. The summed E-state index contributed by atoms with van der Waals surface area (Å²) in [7, 11) is 0. The van der Waals surface area contributed by atoms with Crippen LogP contribution in [0, 0.1) is 10.7 Å². The topological polar surface area (TPSA) is 53.6 Å². The lowest BCUT2D eigenvalue weighted by molar-refractivity contribution is 0.354. The van der Waals surface area contributed by atoms with Crippen LogP contribution < -0.4 is 5.69 Å². The highest BCUT2D eigenvalue weighted by Crippen LogP contribution is 2.18. The zero-order valence-electron chi connectivity index (χ0n) is 8.13. The van der Waals surface area contributed by atoms with Crippen LogP contribution in [0.25, 0.3) is 0 Å². The van der Waals surface area contributed by atoms with Crippen LogP contribution in [0.4, 0.5) is 0 Å². The van der Waals surface area contributed by atoms with Gasteiger partial charge >= 0.3 is 5.69 Å². The molecule has 0 aliphatic rings. The van der Waals surface area contributed by atoms with Gasteiger partial charge in [0.05, 0.1) is 0 Å². The highest BCUT2D eigenvalue weighted by molar-refractivity contribution is 7.71. The third kappa shape index (κ3) is 1.91. The number of aromatic nitrogens is 3. The highest BCUT2D eigenvalue weighted by Gasteiger charge is 2.16. The molecule has 1 aromatic heterocycles. The Morgan fingerprint density at radius 3 is 2.38 bits per heavy atom. The van der Waals surface area contributed by atoms with Crippen LogP contribution in [-0.4, -0.2) is 14.8 Å². The molecule has 0 amide bonds. The lowest BCUT2D eigenvalue weighted by Gasteiger charge is -2.18. The second-order valence-electron chi connectivity index (χ2n) is 3.45. The lowest BCUT2D eigenvalue weighted by Crippen LogP contribution is -2.25. The van der Waals surface area contributed by atoms with Crippen molar-refractivity contribution in [2.75, 3.05) is 0 Å². The van der Waals surface area contributed by atoms with Crippen molar-refractivity contribution < 1.29 is 0 Å². The van der Waals surface area contributed by atoms with E-state index in [2.05, 4.69) is 31.0 Å². The van der Waals surface area contributed by atoms with Gasteiger partial charge < -0.3 is 0 Å². The van der Waals surface area contributed by atoms with E-state index in [1.165, 1.54) is 0 Å². The van der Waals surface area contributed by atoms with E-state index in [9.17, 15) is 4.79 Å². The number of aromatic amines is 2. The number of hydrogen-bond donors (Lipinski definition) is 2. The van der Waals surface area contributed by atoms with Crippen LogP contribution in [0.1, 0.15) is 33.2 Å². The van der Waals surface area contributed by atoms with Crippen molar-refractivity contribution in [2.45, 2.75) is 33.2 Å². The van der Waals surface area contributed by atoms with E-state index in [0.29, 0.717) is 10.7 Å². The molecule has 0 aliphatic carbocycles. The normalized spacial score (nSPS) is 13.5. The minimum absolute atomic E-state index is 0.148. The molecule has 5 heteroatoms.